The van der Waals surface area contributed by atoms with Crippen LogP contribution in [0.25, 0.3) is 0 Å². The summed E-state index contributed by atoms with van der Waals surface area (Å²) in [5.41, 5.74) is 0. The number of hydrogen-bond donors (Lipinski definition) is 2. The average Bonchev–Trinajstić information content (AvgIpc) is 2.58. The van der Waals surface area contributed by atoms with Gasteiger partial charge >= 0.3 is 5.97 Å². The molecule has 0 saturated heterocycles. The van der Waals surface area contributed by atoms with E-state index >= 15 is 0 Å². The van der Waals surface area contributed by atoms with Gasteiger partial charge in [-0.05, 0) is 12.8 Å². The number of rotatable bonds is 17. The molecule has 25 heavy (non-hydrogen) atoms. The predicted molar refractivity (Wildman–Crippen MR) is 103 cm³/mol. The molecule has 0 aromatic rings. The van der Waals surface area contributed by atoms with Crippen molar-refractivity contribution < 1.29 is 19.7 Å². The highest BCUT2D eigenvalue weighted by Gasteiger charge is 2.22. The van der Waals surface area contributed by atoms with Crippen LogP contribution in [0.1, 0.15) is 104 Å². The first-order chi connectivity index (χ1) is 12.0. The van der Waals surface area contributed by atoms with Crippen LogP contribution in [0.2, 0.25) is 0 Å². The summed E-state index contributed by atoms with van der Waals surface area (Å²) in [7, 11) is 0. The number of hydrogen-bond acceptors (Lipinski definition) is 4. The fourth-order valence-corrected chi connectivity index (χ4v) is 2.74. The summed E-state index contributed by atoms with van der Waals surface area (Å²) in [5, 5.41) is 18.2. The van der Waals surface area contributed by atoms with Gasteiger partial charge in [0.25, 0.3) is 0 Å². The summed E-state index contributed by atoms with van der Waals surface area (Å²) in [4.78, 5) is 11.4. The topological polar surface area (TPSA) is 66.8 Å². The van der Waals surface area contributed by atoms with Gasteiger partial charge in [-0.1, -0.05) is 90.0 Å². The van der Waals surface area contributed by atoms with E-state index in [4.69, 9.17) is 5.11 Å². The Hall–Kier alpha value is -0.870. The Balaban J connectivity index is 3.31. The maximum absolute atomic E-state index is 11.4. The van der Waals surface area contributed by atoms with Gasteiger partial charge in [0.15, 0.2) is 0 Å². The first-order valence-corrected chi connectivity index (χ1v) is 10.2. The molecule has 0 aliphatic carbocycles. The second kappa shape index (κ2) is 16.6. The molecule has 2 N–H and O–H groups in total. The molecular formula is C21H40O4. The van der Waals surface area contributed by atoms with Gasteiger partial charge in [0.2, 0.25) is 5.79 Å². The molecule has 4 heteroatoms. The normalized spacial score (nSPS) is 13.9. The standard InChI is InChI=1S/C21H40O4/c1-3-4-5-6-7-8-9-10-11-12-13-14-15-16-17-18-20(23)25-21(2,24)19-22/h17-18,22,24H,3-16,19H2,1-2H3. The lowest BCUT2D eigenvalue weighted by atomic mass is 10.0. The van der Waals surface area contributed by atoms with Crippen molar-refractivity contribution in [2.75, 3.05) is 6.61 Å². The molecule has 0 radical (unpaired) electrons. The Labute approximate surface area is 154 Å². The van der Waals surface area contributed by atoms with Crippen LogP contribution in [0.4, 0.5) is 0 Å². The molecule has 0 heterocycles. The molecule has 0 rings (SSSR count). The minimum Gasteiger partial charge on any atom is -0.428 e. The third-order valence-electron chi connectivity index (χ3n) is 4.34. The SMILES string of the molecule is CCCCCCCCCCCCCCCC=CC(=O)OC(C)(O)CO. The number of aliphatic hydroxyl groups excluding tert-OH is 1. The number of unbranched alkanes of at least 4 members (excludes halogenated alkanes) is 13. The Morgan fingerprint density at radius 3 is 1.76 bits per heavy atom. The predicted octanol–water partition coefficient (Wildman–Crippen LogP) is 5.27. The quantitative estimate of drug-likeness (QED) is 0.161. The highest BCUT2D eigenvalue weighted by molar-refractivity contribution is 5.82. The number of aliphatic hydroxyl groups is 2. The van der Waals surface area contributed by atoms with Gasteiger partial charge in [-0.25, -0.2) is 4.79 Å². The average molecular weight is 357 g/mol. The third-order valence-corrected chi connectivity index (χ3v) is 4.34. The smallest absolute Gasteiger partial charge is 0.332 e. The Kier molecular flexibility index (Phi) is 16.0. The number of esters is 1. The lowest BCUT2D eigenvalue weighted by Gasteiger charge is -2.19. The van der Waals surface area contributed by atoms with Crippen molar-refractivity contribution in [3.63, 3.8) is 0 Å². The van der Waals surface area contributed by atoms with Gasteiger partial charge in [-0.2, -0.15) is 0 Å². The van der Waals surface area contributed by atoms with Crippen LogP contribution in [0, 0.1) is 0 Å². The Morgan fingerprint density at radius 2 is 1.32 bits per heavy atom. The molecule has 0 spiro atoms. The molecule has 148 valence electrons. The van der Waals surface area contributed by atoms with Crippen LogP contribution in [0.15, 0.2) is 12.2 Å². The molecule has 0 aromatic heterocycles. The van der Waals surface area contributed by atoms with Crippen molar-refractivity contribution in [3.05, 3.63) is 12.2 Å². The Morgan fingerprint density at radius 1 is 0.880 bits per heavy atom. The van der Waals surface area contributed by atoms with Gasteiger partial charge in [0.05, 0.1) is 0 Å². The second-order valence-electron chi connectivity index (χ2n) is 7.19. The van der Waals surface area contributed by atoms with Crippen LogP contribution in [-0.4, -0.2) is 28.6 Å². The summed E-state index contributed by atoms with van der Waals surface area (Å²) in [6.45, 7) is 2.91. The number of carbonyl (C=O) groups is 1. The molecule has 0 aliphatic heterocycles. The van der Waals surface area contributed by atoms with Crippen molar-refractivity contribution >= 4 is 5.97 Å². The lowest BCUT2D eigenvalue weighted by molar-refractivity contribution is -0.209. The zero-order chi connectivity index (χ0) is 18.8. The van der Waals surface area contributed by atoms with E-state index < -0.39 is 18.4 Å². The highest BCUT2D eigenvalue weighted by Crippen LogP contribution is 2.13. The van der Waals surface area contributed by atoms with E-state index in [0.717, 1.165) is 12.8 Å². The zero-order valence-electron chi connectivity index (χ0n) is 16.5. The molecule has 1 unspecified atom stereocenters. The van der Waals surface area contributed by atoms with E-state index in [1.165, 1.54) is 90.0 Å². The Bertz CT molecular complexity index is 337. The molecule has 0 fully saturated rings. The fourth-order valence-electron chi connectivity index (χ4n) is 2.74. The largest absolute Gasteiger partial charge is 0.428 e. The lowest BCUT2D eigenvalue weighted by Crippen LogP contribution is -2.34. The van der Waals surface area contributed by atoms with Crippen molar-refractivity contribution in [2.45, 2.75) is 110 Å². The number of carbonyl (C=O) groups excluding carboxylic acids is 1. The molecule has 0 saturated carbocycles. The van der Waals surface area contributed by atoms with E-state index in [9.17, 15) is 9.90 Å². The van der Waals surface area contributed by atoms with E-state index in [1.807, 2.05) is 0 Å². The second-order valence-corrected chi connectivity index (χ2v) is 7.19. The van der Waals surface area contributed by atoms with Gasteiger partial charge in [0.1, 0.15) is 6.61 Å². The van der Waals surface area contributed by atoms with Gasteiger partial charge in [0, 0.05) is 13.0 Å². The summed E-state index contributed by atoms with van der Waals surface area (Å²) in [6.07, 6.45) is 21.2. The molecule has 0 aromatic carbocycles. The van der Waals surface area contributed by atoms with Gasteiger partial charge in [-0.15, -0.1) is 0 Å². The van der Waals surface area contributed by atoms with Crippen molar-refractivity contribution in [1.29, 1.82) is 0 Å². The summed E-state index contributed by atoms with van der Waals surface area (Å²) in [6, 6.07) is 0. The van der Waals surface area contributed by atoms with Crippen LogP contribution in [0.5, 0.6) is 0 Å². The van der Waals surface area contributed by atoms with Crippen molar-refractivity contribution in [3.8, 4) is 0 Å². The van der Waals surface area contributed by atoms with Crippen LogP contribution in [0.3, 0.4) is 0 Å². The molecule has 4 nitrogen and oxygen atoms in total. The van der Waals surface area contributed by atoms with E-state index in [0.29, 0.717) is 0 Å². The maximum Gasteiger partial charge on any atom is 0.332 e. The molecule has 0 aliphatic rings. The van der Waals surface area contributed by atoms with Crippen LogP contribution >= 0.6 is 0 Å². The summed E-state index contributed by atoms with van der Waals surface area (Å²) >= 11 is 0. The summed E-state index contributed by atoms with van der Waals surface area (Å²) in [5.74, 6) is -2.41. The summed E-state index contributed by atoms with van der Waals surface area (Å²) < 4.78 is 4.69. The third kappa shape index (κ3) is 17.7. The van der Waals surface area contributed by atoms with Gasteiger partial charge < -0.3 is 14.9 Å². The monoisotopic (exact) mass is 356 g/mol. The van der Waals surface area contributed by atoms with Crippen molar-refractivity contribution in [2.24, 2.45) is 0 Å². The fraction of sp³-hybridized carbons (Fsp3) is 0.857. The molecule has 0 amide bonds. The molecule has 0 bridgehead atoms. The molecule has 1 atom stereocenters. The van der Waals surface area contributed by atoms with Crippen LogP contribution < -0.4 is 0 Å². The number of allylic oxidation sites excluding steroid dienone is 1. The molecular weight excluding hydrogens is 316 g/mol. The number of ether oxygens (including phenoxy) is 1. The van der Waals surface area contributed by atoms with Crippen molar-refractivity contribution in [1.82, 2.24) is 0 Å². The van der Waals surface area contributed by atoms with E-state index in [2.05, 4.69) is 11.7 Å². The highest BCUT2D eigenvalue weighted by atomic mass is 16.7. The minimum absolute atomic E-state index is 0.606. The minimum atomic E-state index is -1.79. The van der Waals surface area contributed by atoms with Crippen LogP contribution in [-0.2, 0) is 9.53 Å². The first kappa shape index (κ1) is 24.1. The van der Waals surface area contributed by atoms with Gasteiger partial charge in [-0.3, -0.25) is 0 Å². The van der Waals surface area contributed by atoms with E-state index in [1.54, 1.807) is 6.08 Å². The first-order valence-electron chi connectivity index (χ1n) is 10.2. The van der Waals surface area contributed by atoms with E-state index in [-0.39, 0.29) is 0 Å². The zero-order valence-corrected chi connectivity index (χ0v) is 16.5. The maximum atomic E-state index is 11.4.